The lowest BCUT2D eigenvalue weighted by Gasteiger charge is -2.35. The van der Waals surface area contributed by atoms with Crippen molar-refractivity contribution in [3.8, 4) is 0 Å². The molecule has 19 heavy (non-hydrogen) atoms. The zero-order valence-electron chi connectivity index (χ0n) is 12.5. The van der Waals surface area contributed by atoms with Gasteiger partial charge in [0.1, 0.15) is 0 Å². The lowest BCUT2D eigenvalue weighted by molar-refractivity contribution is 0.281. The number of aliphatic hydroxyl groups excluding tert-OH is 1. The highest BCUT2D eigenvalue weighted by Crippen LogP contribution is 2.29. The van der Waals surface area contributed by atoms with Crippen molar-refractivity contribution in [2.45, 2.75) is 53.2 Å². The van der Waals surface area contributed by atoms with E-state index in [9.17, 15) is 5.11 Å². The first-order chi connectivity index (χ1) is 9.03. The van der Waals surface area contributed by atoms with Crippen LogP contribution in [-0.2, 0) is 6.61 Å². The second-order valence-electron chi connectivity index (χ2n) is 5.45. The Morgan fingerprint density at radius 3 is 2.32 bits per heavy atom. The van der Waals surface area contributed by atoms with Gasteiger partial charge in [-0.1, -0.05) is 49.7 Å². The molecule has 0 spiro atoms. The predicted octanol–water partition coefficient (Wildman–Crippen LogP) is 4.59. The monoisotopic (exact) mass is 327 g/mol. The first-order valence-corrected chi connectivity index (χ1v) is 7.98. The zero-order valence-corrected chi connectivity index (χ0v) is 14.1. The molecule has 0 saturated heterocycles. The number of nitrogens with zero attached hydrogens (tertiary/aromatic N) is 1. The topological polar surface area (TPSA) is 23.5 Å². The second-order valence-corrected chi connectivity index (χ2v) is 6.36. The Bertz CT molecular complexity index is 388. The number of halogens is 1. The van der Waals surface area contributed by atoms with Gasteiger partial charge in [0, 0.05) is 28.3 Å². The normalized spacial score (nSPS) is 11.4. The van der Waals surface area contributed by atoms with Crippen molar-refractivity contribution in [2.75, 3.05) is 11.4 Å². The molecule has 0 aromatic heterocycles. The highest BCUT2D eigenvalue weighted by atomic mass is 79.9. The molecule has 0 saturated carbocycles. The number of rotatable bonds is 7. The van der Waals surface area contributed by atoms with Gasteiger partial charge in [-0.3, -0.25) is 0 Å². The quantitative estimate of drug-likeness (QED) is 0.791. The van der Waals surface area contributed by atoms with Gasteiger partial charge in [-0.05, 0) is 30.9 Å². The van der Waals surface area contributed by atoms with Crippen LogP contribution in [0, 0.1) is 5.92 Å². The molecule has 0 bridgehead atoms. The van der Waals surface area contributed by atoms with Gasteiger partial charge in [-0.25, -0.2) is 0 Å². The van der Waals surface area contributed by atoms with E-state index < -0.39 is 0 Å². The summed E-state index contributed by atoms with van der Waals surface area (Å²) in [4.78, 5) is 2.46. The van der Waals surface area contributed by atoms with Gasteiger partial charge < -0.3 is 10.0 Å². The van der Waals surface area contributed by atoms with Crippen LogP contribution in [0.2, 0.25) is 0 Å². The Morgan fingerprint density at radius 1 is 1.21 bits per heavy atom. The molecule has 1 aromatic rings. The molecule has 0 aliphatic carbocycles. The fourth-order valence-electron chi connectivity index (χ4n) is 2.51. The standard InChI is InChI=1S/C16H26BrNO/c1-5-15(6-2)18(10-12(3)4)16-9-14(17)8-7-13(16)11-19/h7-9,12,15,19H,5-6,10-11H2,1-4H3. The molecule has 3 heteroatoms. The molecule has 0 aliphatic heterocycles. The molecule has 0 aliphatic rings. The molecule has 0 fully saturated rings. The Hall–Kier alpha value is -0.540. The van der Waals surface area contributed by atoms with Gasteiger partial charge in [0.05, 0.1) is 6.61 Å². The Morgan fingerprint density at radius 2 is 1.84 bits per heavy atom. The molecule has 0 radical (unpaired) electrons. The molecule has 1 rings (SSSR count). The summed E-state index contributed by atoms with van der Waals surface area (Å²) >= 11 is 3.54. The predicted molar refractivity (Wildman–Crippen MR) is 86.6 cm³/mol. The highest BCUT2D eigenvalue weighted by Gasteiger charge is 2.19. The first-order valence-electron chi connectivity index (χ1n) is 7.19. The van der Waals surface area contributed by atoms with Gasteiger partial charge in [-0.2, -0.15) is 0 Å². The van der Waals surface area contributed by atoms with Gasteiger partial charge in [0.15, 0.2) is 0 Å². The Labute approximate surface area is 126 Å². The van der Waals surface area contributed by atoms with Crippen LogP contribution in [-0.4, -0.2) is 17.7 Å². The van der Waals surface area contributed by atoms with Crippen LogP contribution in [0.1, 0.15) is 46.1 Å². The summed E-state index contributed by atoms with van der Waals surface area (Å²) in [5.74, 6) is 0.603. The van der Waals surface area contributed by atoms with Gasteiger partial charge in [0.25, 0.3) is 0 Å². The van der Waals surface area contributed by atoms with Crippen LogP contribution in [0.15, 0.2) is 22.7 Å². The van der Waals surface area contributed by atoms with Crippen LogP contribution in [0.5, 0.6) is 0 Å². The van der Waals surface area contributed by atoms with Crippen molar-refractivity contribution >= 4 is 21.6 Å². The molecule has 0 amide bonds. The van der Waals surface area contributed by atoms with E-state index in [2.05, 4.69) is 54.6 Å². The average Bonchev–Trinajstić information content (AvgIpc) is 2.38. The smallest absolute Gasteiger partial charge is 0.0702 e. The van der Waals surface area contributed by atoms with Crippen LogP contribution in [0.3, 0.4) is 0 Å². The molecule has 0 unspecified atom stereocenters. The highest BCUT2D eigenvalue weighted by molar-refractivity contribution is 9.10. The zero-order chi connectivity index (χ0) is 14.4. The van der Waals surface area contributed by atoms with Gasteiger partial charge in [-0.15, -0.1) is 0 Å². The lowest BCUT2D eigenvalue weighted by atomic mass is 10.0. The average molecular weight is 328 g/mol. The van der Waals surface area contributed by atoms with E-state index in [1.165, 1.54) is 5.69 Å². The summed E-state index contributed by atoms with van der Waals surface area (Å²) in [6.45, 7) is 10.1. The van der Waals surface area contributed by atoms with E-state index in [1.807, 2.05) is 12.1 Å². The fourth-order valence-corrected chi connectivity index (χ4v) is 2.85. The van der Waals surface area contributed by atoms with Gasteiger partial charge in [0.2, 0.25) is 0 Å². The van der Waals surface area contributed by atoms with Crippen LogP contribution >= 0.6 is 15.9 Å². The van der Waals surface area contributed by atoms with Crippen molar-refractivity contribution < 1.29 is 5.11 Å². The van der Waals surface area contributed by atoms with Crippen molar-refractivity contribution in [2.24, 2.45) is 5.92 Å². The second kappa shape index (κ2) is 7.91. The summed E-state index contributed by atoms with van der Waals surface area (Å²) in [5.41, 5.74) is 2.18. The minimum absolute atomic E-state index is 0.0946. The van der Waals surface area contributed by atoms with E-state index in [0.717, 1.165) is 29.4 Å². The van der Waals surface area contributed by atoms with Crippen molar-refractivity contribution in [1.82, 2.24) is 0 Å². The minimum atomic E-state index is 0.0946. The SMILES string of the molecule is CCC(CC)N(CC(C)C)c1cc(Br)ccc1CO. The molecule has 0 heterocycles. The summed E-state index contributed by atoms with van der Waals surface area (Å²) < 4.78 is 1.07. The summed E-state index contributed by atoms with van der Waals surface area (Å²) in [6.07, 6.45) is 2.25. The van der Waals surface area contributed by atoms with E-state index in [-0.39, 0.29) is 6.61 Å². The van der Waals surface area contributed by atoms with Crippen LogP contribution < -0.4 is 4.90 Å². The first kappa shape index (κ1) is 16.5. The van der Waals surface area contributed by atoms with Crippen LogP contribution in [0.25, 0.3) is 0 Å². The third kappa shape index (κ3) is 4.50. The molecule has 1 aromatic carbocycles. The van der Waals surface area contributed by atoms with Crippen molar-refractivity contribution in [3.05, 3.63) is 28.2 Å². The van der Waals surface area contributed by atoms with E-state index in [0.29, 0.717) is 12.0 Å². The van der Waals surface area contributed by atoms with E-state index in [1.54, 1.807) is 0 Å². The van der Waals surface area contributed by atoms with E-state index >= 15 is 0 Å². The number of hydrogen-bond acceptors (Lipinski definition) is 2. The molecular weight excluding hydrogens is 302 g/mol. The minimum Gasteiger partial charge on any atom is -0.392 e. The molecule has 2 nitrogen and oxygen atoms in total. The third-order valence-corrected chi connectivity index (χ3v) is 3.97. The maximum absolute atomic E-state index is 9.58. The lowest BCUT2D eigenvalue weighted by Crippen LogP contribution is -2.38. The number of hydrogen-bond donors (Lipinski definition) is 1. The molecule has 108 valence electrons. The van der Waals surface area contributed by atoms with E-state index in [4.69, 9.17) is 0 Å². The maximum Gasteiger partial charge on any atom is 0.0702 e. The van der Waals surface area contributed by atoms with Crippen molar-refractivity contribution in [1.29, 1.82) is 0 Å². The van der Waals surface area contributed by atoms with Crippen LogP contribution in [0.4, 0.5) is 5.69 Å². The molecular formula is C16H26BrNO. The number of benzene rings is 1. The summed E-state index contributed by atoms with van der Waals surface area (Å²) in [7, 11) is 0. The summed E-state index contributed by atoms with van der Waals surface area (Å²) in [6, 6.07) is 6.67. The maximum atomic E-state index is 9.58. The summed E-state index contributed by atoms with van der Waals surface area (Å²) in [5, 5.41) is 9.58. The third-order valence-electron chi connectivity index (χ3n) is 3.47. The molecule has 0 atom stereocenters. The van der Waals surface area contributed by atoms with Crippen molar-refractivity contribution in [3.63, 3.8) is 0 Å². The number of aliphatic hydroxyl groups is 1. The van der Waals surface area contributed by atoms with Gasteiger partial charge >= 0.3 is 0 Å². The Balaban J connectivity index is 3.18. The fraction of sp³-hybridized carbons (Fsp3) is 0.625. The largest absolute Gasteiger partial charge is 0.392 e. The Kier molecular flexibility index (Phi) is 6.87. The molecule has 1 N–H and O–H groups in total. The number of anilines is 1.